The summed E-state index contributed by atoms with van der Waals surface area (Å²) in [6, 6.07) is 6.36. The van der Waals surface area contributed by atoms with Gasteiger partial charge in [-0.3, -0.25) is 0 Å². The zero-order valence-corrected chi connectivity index (χ0v) is 23.3. The zero-order chi connectivity index (χ0) is 27.8. The fourth-order valence-electron chi connectivity index (χ4n) is 5.95. The van der Waals surface area contributed by atoms with E-state index in [9.17, 15) is 17.6 Å². The van der Waals surface area contributed by atoms with E-state index in [1.807, 2.05) is 6.92 Å². The predicted octanol–water partition coefficient (Wildman–Crippen LogP) is 9.23. The van der Waals surface area contributed by atoms with Crippen LogP contribution in [0.1, 0.15) is 107 Å². The van der Waals surface area contributed by atoms with Crippen molar-refractivity contribution in [3.8, 4) is 11.5 Å². The van der Waals surface area contributed by atoms with Gasteiger partial charge in [0.05, 0.1) is 19.3 Å². The van der Waals surface area contributed by atoms with Gasteiger partial charge in [0.2, 0.25) is 11.6 Å². The fraction of sp³-hybridized carbons (Fsp3) is 0.625. The molecule has 39 heavy (non-hydrogen) atoms. The summed E-state index contributed by atoms with van der Waals surface area (Å²) in [6.45, 7) is 5.45. The van der Waals surface area contributed by atoms with Crippen LogP contribution in [0.2, 0.25) is 0 Å². The van der Waals surface area contributed by atoms with Crippen LogP contribution in [-0.2, 0) is 4.74 Å². The third kappa shape index (κ3) is 7.47. The van der Waals surface area contributed by atoms with Crippen molar-refractivity contribution in [2.24, 2.45) is 5.92 Å². The quantitative estimate of drug-likeness (QED) is 0.195. The minimum absolute atomic E-state index is 0.00694. The summed E-state index contributed by atoms with van der Waals surface area (Å²) in [5.74, 6) is -3.55. The summed E-state index contributed by atoms with van der Waals surface area (Å²) in [5.41, 5.74) is 0.801. The van der Waals surface area contributed by atoms with Crippen LogP contribution in [-0.4, -0.2) is 25.9 Å². The second kappa shape index (κ2) is 14.4. The molecular formula is C32H42F4O3. The molecule has 216 valence electrons. The van der Waals surface area contributed by atoms with Crippen molar-refractivity contribution in [3.05, 3.63) is 58.7 Å². The molecular weight excluding hydrogens is 508 g/mol. The van der Waals surface area contributed by atoms with Crippen LogP contribution in [0.25, 0.3) is 0 Å². The maximum atomic E-state index is 15.0. The Morgan fingerprint density at radius 3 is 1.69 bits per heavy atom. The third-order valence-corrected chi connectivity index (χ3v) is 8.34. The number of hydrogen-bond acceptors (Lipinski definition) is 3. The van der Waals surface area contributed by atoms with Gasteiger partial charge < -0.3 is 14.2 Å². The van der Waals surface area contributed by atoms with Crippen LogP contribution in [0.3, 0.4) is 0 Å². The van der Waals surface area contributed by atoms with E-state index in [1.54, 1.807) is 18.2 Å². The molecule has 2 saturated carbocycles. The molecule has 0 saturated heterocycles. The monoisotopic (exact) mass is 550 g/mol. The molecule has 2 aliphatic carbocycles. The molecule has 4 rings (SSSR count). The molecule has 0 heterocycles. The molecule has 2 fully saturated rings. The van der Waals surface area contributed by atoms with Gasteiger partial charge in [0.15, 0.2) is 23.1 Å². The molecule has 3 nitrogen and oxygen atoms in total. The molecule has 0 aliphatic heterocycles. The Kier molecular flexibility index (Phi) is 11.0. The molecule has 0 unspecified atom stereocenters. The van der Waals surface area contributed by atoms with Crippen LogP contribution in [0.5, 0.6) is 11.5 Å². The van der Waals surface area contributed by atoms with Crippen molar-refractivity contribution in [1.29, 1.82) is 0 Å². The summed E-state index contributed by atoms with van der Waals surface area (Å²) in [5, 5.41) is 0. The molecule has 0 atom stereocenters. The smallest absolute Gasteiger partial charge is 0.200 e. The Labute approximate surface area is 230 Å². The van der Waals surface area contributed by atoms with Gasteiger partial charge in [0, 0.05) is 6.61 Å². The van der Waals surface area contributed by atoms with Crippen molar-refractivity contribution >= 4 is 0 Å². The van der Waals surface area contributed by atoms with E-state index < -0.39 is 23.3 Å². The van der Waals surface area contributed by atoms with E-state index in [2.05, 4.69) is 6.92 Å². The lowest BCUT2D eigenvalue weighted by Crippen LogP contribution is -2.22. The van der Waals surface area contributed by atoms with Crippen LogP contribution in [0.4, 0.5) is 17.6 Å². The number of halogens is 4. The minimum Gasteiger partial charge on any atom is -0.490 e. The van der Waals surface area contributed by atoms with Gasteiger partial charge in [-0.2, -0.15) is 8.78 Å². The lowest BCUT2D eigenvalue weighted by atomic mass is 9.79. The first kappa shape index (κ1) is 29.7. The van der Waals surface area contributed by atoms with Gasteiger partial charge in [-0.25, -0.2) is 8.78 Å². The average Bonchev–Trinajstić information content (AvgIpc) is 2.96. The average molecular weight is 551 g/mol. The second-order valence-electron chi connectivity index (χ2n) is 11.1. The summed E-state index contributed by atoms with van der Waals surface area (Å²) in [7, 11) is 0. The molecule has 0 amide bonds. The Morgan fingerprint density at radius 1 is 0.615 bits per heavy atom. The molecule has 7 heteroatoms. The van der Waals surface area contributed by atoms with E-state index in [0.29, 0.717) is 30.6 Å². The number of unbranched alkanes of at least 4 members (excludes halogenated alkanes) is 1. The first-order valence-electron chi connectivity index (χ1n) is 14.8. The molecule has 0 aromatic heterocycles. The van der Waals surface area contributed by atoms with Crippen LogP contribution in [0, 0.1) is 29.2 Å². The number of ether oxygens (including phenoxy) is 3. The number of benzene rings is 2. The zero-order valence-electron chi connectivity index (χ0n) is 23.3. The summed E-state index contributed by atoms with van der Waals surface area (Å²) in [4.78, 5) is 0. The van der Waals surface area contributed by atoms with Crippen molar-refractivity contribution in [1.82, 2.24) is 0 Å². The highest BCUT2D eigenvalue weighted by Gasteiger charge is 2.29. The molecule has 2 aromatic carbocycles. The molecule has 0 radical (unpaired) electrons. The Balaban J connectivity index is 1.27. The summed E-state index contributed by atoms with van der Waals surface area (Å²) < 4.78 is 76.1. The number of rotatable bonds is 12. The highest BCUT2D eigenvalue weighted by molar-refractivity contribution is 5.34. The summed E-state index contributed by atoms with van der Waals surface area (Å²) in [6.07, 6.45) is 9.03. The van der Waals surface area contributed by atoms with Gasteiger partial charge in [0.25, 0.3) is 0 Å². The molecule has 0 bridgehead atoms. The minimum atomic E-state index is -0.927. The maximum absolute atomic E-state index is 15.0. The first-order valence-corrected chi connectivity index (χ1v) is 14.8. The highest BCUT2D eigenvalue weighted by Crippen LogP contribution is 2.40. The van der Waals surface area contributed by atoms with Gasteiger partial charge in [0.1, 0.15) is 0 Å². The predicted molar refractivity (Wildman–Crippen MR) is 145 cm³/mol. The van der Waals surface area contributed by atoms with E-state index >= 15 is 0 Å². The van der Waals surface area contributed by atoms with E-state index in [-0.39, 0.29) is 42.0 Å². The highest BCUT2D eigenvalue weighted by atomic mass is 19.2. The van der Waals surface area contributed by atoms with E-state index in [0.717, 1.165) is 64.4 Å². The van der Waals surface area contributed by atoms with E-state index in [4.69, 9.17) is 14.2 Å². The third-order valence-electron chi connectivity index (χ3n) is 8.34. The molecule has 2 aliphatic rings. The summed E-state index contributed by atoms with van der Waals surface area (Å²) >= 11 is 0. The second-order valence-corrected chi connectivity index (χ2v) is 11.1. The van der Waals surface area contributed by atoms with E-state index in [1.165, 1.54) is 6.07 Å². The largest absolute Gasteiger partial charge is 0.490 e. The standard InChI is InChI=1S/C32H42F4O3/c1-3-5-19-38-27-16-14-25(29(33)31(27)35)22-8-6-21(7-9-22)20-39-28-17-15-26(30(34)32(28)36)23-10-12-24(13-11-23)37-18-4-2/h14-17,21-24H,3-13,18-20H2,1-2H3. The topological polar surface area (TPSA) is 27.7 Å². The molecule has 2 aromatic rings. The van der Waals surface area contributed by atoms with Crippen molar-refractivity contribution < 1.29 is 31.8 Å². The lowest BCUT2D eigenvalue weighted by Gasteiger charge is -2.30. The SMILES string of the molecule is CCCCOc1ccc(C2CCC(COc3ccc(C4CCC(OCCC)CC4)c(F)c3F)CC2)c(F)c1F. The van der Waals surface area contributed by atoms with Gasteiger partial charge >= 0.3 is 0 Å². The Hall–Kier alpha value is -2.28. The lowest BCUT2D eigenvalue weighted by molar-refractivity contribution is 0.0248. The maximum Gasteiger partial charge on any atom is 0.200 e. The first-order chi connectivity index (χ1) is 18.9. The Bertz CT molecular complexity index is 1060. The fourth-order valence-corrected chi connectivity index (χ4v) is 5.95. The van der Waals surface area contributed by atoms with Crippen LogP contribution < -0.4 is 9.47 Å². The van der Waals surface area contributed by atoms with Gasteiger partial charge in [-0.1, -0.05) is 32.4 Å². The molecule has 0 N–H and O–H groups in total. The van der Waals surface area contributed by atoms with Crippen molar-refractivity contribution in [2.75, 3.05) is 19.8 Å². The normalized spacial score (nSPS) is 23.5. The number of hydrogen-bond donors (Lipinski definition) is 0. The van der Waals surface area contributed by atoms with Gasteiger partial charge in [-0.15, -0.1) is 0 Å². The van der Waals surface area contributed by atoms with Gasteiger partial charge in [-0.05, 0) is 105 Å². The van der Waals surface area contributed by atoms with Crippen LogP contribution >= 0.6 is 0 Å². The van der Waals surface area contributed by atoms with Crippen molar-refractivity contribution in [2.45, 2.75) is 102 Å². The van der Waals surface area contributed by atoms with Crippen LogP contribution in [0.15, 0.2) is 24.3 Å². The molecule has 0 spiro atoms. The Morgan fingerprint density at radius 2 is 1.15 bits per heavy atom. The van der Waals surface area contributed by atoms with Crippen molar-refractivity contribution in [3.63, 3.8) is 0 Å².